The fourth-order valence-electron chi connectivity index (χ4n) is 1.74. The van der Waals surface area contributed by atoms with Crippen LogP contribution in [0.2, 0.25) is 0 Å². The normalized spacial score (nSPS) is 10.2. The number of carbonyl (C=O) groups excluding carboxylic acids is 1. The molecular formula is C15H14BrNO3. The molecule has 0 spiro atoms. The Hall–Kier alpha value is -1.88. The Morgan fingerprint density at radius 1 is 1.15 bits per heavy atom. The van der Waals surface area contributed by atoms with Crippen LogP contribution in [-0.2, 0) is 22.5 Å². The molecule has 0 saturated carbocycles. The zero-order valence-electron chi connectivity index (χ0n) is 10.8. The van der Waals surface area contributed by atoms with Crippen molar-refractivity contribution < 1.29 is 9.53 Å². The van der Waals surface area contributed by atoms with Crippen molar-refractivity contribution in [2.24, 2.45) is 0 Å². The second kappa shape index (κ2) is 7.05. The molecule has 5 heteroatoms. The van der Waals surface area contributed by atoms with Crippen LogP contribution < -0.4 is 5.56 Å². The first-order valence-electron chi connectivity index (χ1n) is 6.21. The van der Waals surface area contributed by atoms with Crippen LogP contribution in [-0.4, -0.2) is 17.1 Å². The largest absolute Gasteiger partial charge is 0.464 e. The van der Waals surface area contributed by atoms with Crippen LogP contribution in [0.1, 0.15) is 5.56 Å². The van der Waals surface area contributed by atoms with Gasteiger partial charge in [0.15, 0.2) is 0 Å². The van der Waals surface area contributed by atoms with Crippen molar-refractivity contribution in [3.8, 4) is 0 Å². The van der Waals surface area contributed by atoms with E-state index in [0.29, 0.717) is 13.0 Å². The highest BCUT2D eigenvalue weighted by Crippen LogP contribution is 2.05. The average molecular weight is 336 g/mol. The van der Waals surface area contributed by atoms with E-state index >= 15 is 0 Å². The number of nitrogens with zero attached hydrogens (tertiary/aromatic N) is 1. The number of aromatic nitrogens is 1. The Balaban J connectivity index is 1.84. The highest BCUT2D eigenvalue weighted by Gasteiger charge is 2.06. The number of carbonyl (C=O) groups is 1. The lowest BCUT2D eigenvalue weighted by molar-refractivity contribution is -0.144. The van der Waals surface area contributed by atoms with Gasteiger partial charge in [0.2, 0.25) is 0 Å². The summed E-state index contributed by atoms with van der Waals surface area (Å²) in [5, 5.41) is 0. The third kappa shape index (κ3) is 4.35. The fourth-order valence-corrected chi connectivity index (χ4v) is 2.12. The van der Waals surface area contributed by atoms with Crippen molar-refractivity contribution in [3.05, 3.63) is 69.1 Å². The molecule has 1 heterocycles. The first kappa shape index (κ1) is 14.5. The van der Waals surface area contributed by atoms with Crippen LogP contribution in [0, 0.1) is 0 Å². The van der Waals surface area contributed by atoms with Gasteiger partial charge >= 0.3 is 5.97 Å². The van der Waals surface area contributed by atoms with Crippen LogP contribution in [0.15, 0.2) is 57.9 Å². The van der Waals surface area contributed by atoms with Crippen molar-refractivity contribution in [2.45, 2.75) is 13.0 Å². The fraction of sp³-hybridized carbons (Fsp3) is 0.200. The SMILES string of the molecule is O=C(Cn1cc(Br)ccc1=O)OCCc1ccccc1. The highest BCUT2D eigenvalue weighted by molar-refractivity contribution is 9.10. The van der Waals surface area contributed by atoms with Gasteiger partial charge in [0.25, 0.3) is 5.56 Å². The zero-order chi connectivity index (χ0) is 14.4. The topological polar surface area (TPSA) is 48.3 Å². The van der Waals surface area contributed by atoms with Gasteiger partial charge in [-0.1, -0.05) is 30.3 Å². The predicted octanol–water partition coefficient (Wildman–Crippen LogP) is 2.40. The summed E-state index contributed by atoms with van der Waals surface area (Å²) in [7, 11) is 0. The van der Waals surface area contributed by atoms with E-state index in [2.05, 4.69) is 15.9 Å². The molecule has 2 rings (SSSR count). The van der Waals surface area contributed by atoms with Gasteiger partial charge in [0.1, 0.15) is 6.54 Å². The molecular weight excluding hydrogens is 322 g/mol. The third-order valence-electron chi connectivity index (χ3n) is 2.74. The summed E-state index contributed by atoms with van der Waals surface area (Å²) in [4.78, 5) is 23.2. The molecule has 1 aromatic heterocycles. The van der Waals surface area contributed by atoms with Crippen LogP contribution in [0.3, 0.4) is 0 Å². The minimum absolute atomic E-state index is 0.0763. The van der Waals surface area contributed by atoms with E-state index in [4.69, 9.17) is 4.74 Å². The van der Waals surface area contributed by atoms with Gasteiger partial charge in [-0.05, 0) is 27.6 Å². The van der Waals surface area contributed by atoms with Gasteiger partial charge in [-0.3, -0.25) is 9.59 Å². The summed E-state index contributed by atoms with van der Waals surface area (Å²) in [6.07, 6.45) is 2.24. The van der Waals surface area contributed by atoms with Gasteiger partial charge in [0, 0.05) is 23.2 Å². The Bertz CT molecular complexity index is 637. The van der Waals surface area contributed by atoms with Gasteiger partial charge < -0.3 is 9.30 Å². The molecule has 0 radical (unpaired) electrons. The van der Waals surface area contributed by atoms with Crippen LogP contribution in [0.5, 0.6) is 0 Å². The molecule has 2 aromatic rings. The number of pyridine rings is 1. The minimum atomic E-state index is -0.416. The van der Waals surface area contributed by atoms with Crippen molar-refractivity contribution in [1.82, 2.24) is 4.57 Å². The molecule has 0 atom stereocenters. The van der Waals surface area contributed by atoms with Crippen molar-refractivity contribution in [2.75, 3.05) is 6.61 Å². The summed E-state index contributed by atoms with van der Waals surface area (Å²) >= 11 is 3.26. The summed E-state index contributed by atoms with van der Waals surface area (Å²) in [6.45, 7) is 0.235. The van der Waals surface area contributed by atoms with Gasteiger partial charge in [-0.15, -0.1) is 0 Å². The smallest absolute Gasteiger partial charge is 0.326 e. The maximum absolute atomic E-state index is 11.7. The number of esters is 1. The standard InChI is InChI=1S/C15H14BrNO3/c16-13-6-7-14(18)17(10-13)11-15(19)20-9-8-12-4-2-1-3-5-12/h1-7,10H,8-9,11H2. The molecule has 0 amide bonds. The molecule has 104 valence electrons. The summed E-state index contributed by atoms with van der Waals surface area (Å²) in [5.74, 6) is -0.416. The first-order chi connectivity index (χ1) is 9.65. The van der Waals surface area contributed by atoms with Crippen molar-refractivity contribution >= 4 is 21.9 Å². The lowest BCUT2D eigenvalue weighted by atomic mass is 10.2. The molecule has 0 aliphatic rings. The third-order valence-corrected chi connectivity index (χ3v) is 3.21. The molecule has 0 bridgehead atoms. The molecule has 0 N–H and O–H groups in total. The monoisotopic (exact) mass is 335 g/mol. The molecule has 0 unspecified atom stereocenters. The van der Waals surface area contributed by atoms with E-state index in [1.54, 1.807) is 12.3 Å². The minimum Gasteiger partial charge on any atom is -0.464 e. The quantitative estimate of drug-likeness (QED) is 0.788. The van der Waals surface area contributed by atoms with Gasteiger partial charge in [-0.25, -0.2) is 0 Å². The number of ether oxygens (including phenoxy) is 1. The maximum atomic E-state index is 11.7. The maximum Gasteiger partial charge on any atom is 0.326 e. The lowest BCUT2D eigenvalue weighted by Gasteiger charge is -2.07. The van der Waals surface area contributed by atoms with E-state index in [1.807, 2.05) is 30.3 Å². The summed E-state index contributed by atoms with van der Waals surface area (Å²) < 4.78 is 7.19. The molecule has 4 nitrogen and oxygen atoms in total. The molecule has 0 aliphatic heterocycles. The van der Waals surface area contributed by atoms with Crippen LogP contribution >= 0.6 is 15.9 Å². The number of benzene rings is 1. The second-order valence-electron chi connectivity index (χ2n) is 4.27. The number of halogens is 1. The molecule has 0 saturated heterocycles. The Labute approximate surface area is 125 Å². The molecule has 1 aromatic carbocycles. The second-order valence-corrected chi connectivity index (χ2v) is 5.19. The van der Waals surface area contributed by atoms with E-state index in [-0.39, 0.29) is 12.1 Å². The van der Waals surface area contributed by atoms with E-state index in [9.17, 15) is 9.59 Å². The number of hydrogen-bond donors (Lipinski definition) is 0. The highest BCUT2D eigenvalue weighted by atomic mass is 79.9. The van der Waals surface area contributed by atoms with Crippen molar-refractivity contribution in [1.29, 1.82) is 0 Å². The van der Waals surface area contributed by atoms with E-state index < -0.39 is 5.97 Å². The molecule has 20 heavy (non-hydrogen) atoms. The van der Waals surface area contributed by atoms with Crippen LogP contribution in [0.4, 0.5) is 0 Å². The van der Waals surface area contributed by atoms with E-state index in [1.165, 1.54) is 10.6 Å². The van der Waals surface area contributed by atoms with Crippen LogP contribution in [0.25, 0.3) is 0 Å². The Kier molecular flexibility index (Phi) is 5.12. The number of hydrogen-bond acceptors (Lipinski definition) is 3. The predicted molar refractivity (Wildman–Crippen MR) is 79.5 cm³/mol. The molecule has 0 aliphatic carbocycles. The average Bonchev–Trinajstić information content (AvgIpc) is 2.44. The summed E-state index contributed by atoms with van der Waals surface area (Å²) in [5.41, 5.74) is 0.883. The lowest BCUT2D eigenvalue weighted by Crippen LogP contribution is -2.24. The first-order valence-corrected chi connectivity index (χ1v) is 7.00. The Morgan fingerprint density at radius 2 is 1.90 bits per heavy atom. The summed E-state index contributed by atoms with van der Waals surface area (Å²) in [6, 6.07) is 12.8. The van der Waals surface area contributed by atoms with E-state index in [0.717, 1.165) is 10.0 Å². The van der Waals surface area contributed by atoms with Crippen molar-refractivity contribution in [3.63, 3.8) is 0 Å². The Morgan fingerprint density at radius 3 is 2.65 bits per heavy atom. The van der Waals surface area contributed by atoms with Gasteiger partial charge in [-0.2, -0.15) is 0 Å². The zero-order valence-corrected chi connectivity index (χ0v) is 12.4. The molecule has 0 fully saturated rings. The number of rotatable bonds is 5. The van der Waals surface area contributed by atoms with Gasteiger partial charge in [0.05, 0.1) is 6.61 Å².